The summed E-state index contributed by atoms with van der Waals surface area (Å²) in [4.78, 5) is 19.3. The van der Waals surface area contributed by atoms with Gasteiger partial charge in [-0.3, -0.25) is 14.8 Å². The average Bonchev–Trinajstić information content (AvgIpc) is 2.38. The van der Waals surface area contributed by atoms with E-state index in [0.717, 1.165) is 5.56 Å². The van der Waals surface area contributed by atoms with E-state index in [1.807, 2.05) is 6.07 Å². The van der Waals surface area contributed by atoms with Gasteiger partial charge in [0.15, 0.2) is 0 Å². The predicted molar refractivity (Wildman–Crippen MR) is 62.6 cm³/mol. The normalized spacial score (nSPS) is 12.0. The van der Waals surface area contributed by atoms with Crippen LogP contribution in [0.4, 0.5) is 0 Å². The molecule has 0 bridgehead atoms. The number of carbonyl (C=O) groups is 1. The van der Waals surface area contributed by atoms with Crippen LogP contribution in [0.5, 0.6) is 0 Å². The summed E-state index contributed by atoms with van der Waals surface area (Å²) >= 11 is 0. The Balaban J connectivity index is 2.23. The minimum atomic E-state index is -0.868. The summed E-state index contributed by atoms with van der Waals surface area (Å²) in [6.45, 7) is 0. The maximum Gasteiger partial charge on any atom is 0.312 e. The van der Waals surface area contributed by atoms with Crippen molar-refractivity contribution in [1.82, 2.24) is 9.97 Å². The lowest BCUT2D eigenvalue weighted by molar-refractivity contribution is -0.138. The fourth-order valence-corrected chi connectivity index (χ4v) is 1.66. The molecule has 86 valence electrons. The van der Waals surface area contributed by atoms with Crippen LogP contribution in [0.2, 0.25) is 0 Å². The second kappa shape index (κ2) is 5.21. The van der Waals surface area contributed by atoms with Crippen LogP contribution < -0.4 is 0 Å². The highest BCUT2D eigenvalue weighted by atomic mass is 16.4. The highest BCUT2D eigenvalue weighted by Gasteiger charge is 2.21. The van der Waals surface area contributed by atoms with Crippen LogP contribution in [-0.4, -0.2) is 21.0 Å². The van der Waals surface area contributed by atoms with E-state index in [2.05, 4.69) is 9.97 Å². The zero-order chi connectivity index (χ0) is 12.1. The van der Waals surface area contributed by atoms with Crippen molar-refractivity contribution >= 4 is 5.97 Å². The van der Waals surface area contributed by atoms with Crippen molar-refractivity contribution in [3.63, 3.8) is 0 Å². The summed E-state index contributed by atoms with van der Waals surface area (Å²) in [5.74, 6) is -1.49. The molecule has 0 aliphatic rings. The van der Waals surface area contributed by atoms with Crippen LogP contribution in [-0.2, 0) is 11.2 Å². The molecule has 0 saturated carbocycles. The lowest BCUT2D eigenvalue weighted by Crippen LogP contribution is -2.15. The van der Waals surface area contributed by atoms with Crippen molar-refractivity contribution < 1.29 is 9.90 Å². The summed E-state index contributed by atoms with van der Waals surface area (Å²) in [6, 6.07) is 8.96. The summed E-state index contributed by atoms with van der Waals surface area (Å²) in [7, 11) is 0. The summed E-state index contributed by atoms with van der Waals surface area (Å²) in [5, 5.41) is 9.23. The summed E-state index contributed by atoms with van der Waals surface area (Å²) < 4.78 is 0. The fourth-order valence-electron chi connectivity index (χ4n) is 1.66. The maximum absolute atomic E-state index is 11.2. The molecule has 0 fully saturated rings. The van der Waals surface area contributed by atoms with Gasteiger partial charge in [0.05, 0.1) is 5.69 Å². The number of carboxylic acids is 1. The minimum absolute atomic E-state index is 0.403. The van der Waals surface area contributed by atoms with Gasteiger partial charge >= 0.3 is 5.97 Å². The van der Waals surface area contributed by atoms with Gasteiger partial charge in [-0.1, -0.05) is 12.1 Å². The number of hydrogen-bond donors (Lipinski definition) is 1. The zero-order valence-electron chi connectivity index (χ0n) is 9.15. The van der Waals surface area contributed by atoms with Crippen LogP contribution in [0.3, 0.4) is 0 Å². The Morgan fingerprint density at radius 3 is 2.71 bits per heavy atom. The fraction of sp³-hybridized carbons (Fsp3) is 0.154. The van der Waals surface area contributed by atoms with Crippen LogP contribution in [0, 0.1) is 0 Å². The molecule has 1 unspecified atom stereocenters. The maximum atomic E-state index is 11.2. The molecule has 1 N–H and O–H groups in total. The van der Waals surface area contributed by atoms with Gasteiger partial charge in [-0.25, -0.2) is 0 Å². The van der Waals surface area contributed by atoms with Crippen molar-refractivity contribution in [1.29, 1.82) is 0 Å². The van der Waals surface area contributed by atoms with Crippen LogP contribution in [0.25, 0.3) is 0 Å². The molecule has 0 saturated heterocycles. The van der Waals surface area contributed by atoms with E-state index in [1.165, 1.54) is 0 Å². The Morgan fingerprint density at radius 2 is 2.12 bits per heavy atom. The zero-order valence-corrected chi connectivity index (χ0v) is 9.15. The Morgan fingerprint density at radius 1 is 1.24 bits per heavy atom. The largest absolute Gasteiger partial charge is 0.481 e. The van der Waals surface area contributed by atoms with Gasteiger partial charge in [-0.05, 0) is 30.2 Å². The lowest BCUT2D eigenvalue weighted by Gasteiger charge is -2.11. The van der Waals surface area contributed by atoms with E-state index in [4.69, 9.17) is 0 Å². The first-order chi connectivity index (χ1) is 8.27. The Bertz CT molecular complexity index is 485. The number of carboxylic acid groups (broad SMARTS) is 1. The van der Waals surface area contributed by atoms with E-state index in [0.29, 0.717) is 12.1 Å². The molecule has 0 aromatic carbocycles. The third-order valence-electron chi connectivity index (χ3n) is 2.51. The molecule has 2 aromatic heterocycles. The van der Waals surface area contributed by atoms with E-state index in [9.17, 15) is 9.90 Å². The van der Waals surface area contributed by atoms with Gasteiger partial charge in [0.1, 0.15) is 5.92 Å². The Kier molecular flexibility index (Phi) is 3.45. The molecule has 0 radical (unpaired) electrons. The van der Waals surface area contributed by atoms with Crippen molar-refractivity contribution in [3.05, 3.63) is 60.2 Å². The molecule has 0 spiro atoms. The number of pyridine rings is 2. The van der Waals surface area contributed by atoms with Crippen molar-refractivity contribution in [2.24, 2.45) is 0 Å². The van der Waals surface area contributed by atoms with Crippen molar-refractivity contribution in [2.45, 2.75) is 12.3 Å². The Labute approximate surface area is 99.0 Å². The first kappa shape index (κ1) is 11.3. The number of rotatable bonds is 4. The van der Waals surface area contributed by atoms with Gasteiger partial charge in [0.25, 0.3) is 0 Å². The SMILES string of the molecule is O=C(O)C(Cc1cccnc1)c1ccccn1. The van der Waals surface area contributed by atoms with E-state index >= 15 is 0 Å². The lowest BCUT2D eigenvalue weighted by atomic mass is 9.97. The molecular weight excluding hydrogens is 216 g/mol. The molecule has 2 rings (SSSR count). The second-order valence-electron chi connectivity index (χ2n) is 3.71. The highest BCUT2D eigenvalue weighted by molar-refractivity contribution is 5.75. The van der Waals surface area contributed by atoms with Gasteiger partial charge in [-0.15, -0.1) is 0 Å². The van der Waals surface area contributed by atoms with E-state index < -0.39 is 11.9 Å². The van der Waals surface area contributed by atoms with Gasteiger partial charge in [0.2, 0.25) is 0 Å². The first-order valence-electron chi connectivity index (χ1n) is 5.30. The highest BCUT2D eigenvalue weighted by Crippen LogP contribution is 2.18. The van der Waals surface area contributed by atoms with E-state index in [1.54, 1.807) is 42.9 Å². The van der Waals surface area contributed by atoms with Gasteiger partial charge < -0.3 is 5.11 Å². The van der Waals surface area contributed by atoms with Gasteiger partial charge in [0, 0.05) is 18.6 Å². The molecule has 2 aromatic rings. The number of aromatic nitrogens is 2. The van der Waals surface area contributed by atoms with Gasteiger partial charge in [-0.2, -0.15) is 0 Å². The number of nitrogens with zero attached hydrogens (tertiary/aromatic N) is 2. The molecule has 2 heterocycles. The topological polar surface area (TPSA) is 63.1 Å². The smallest absolute Gasteiger partial charge is 0.312 e. The molecule has 0 aliphatic carbocycles. The number of aliphatic carboxylic acids is 1. The van der Waals surface area contributed by atoms with Crippen molar-refractivity contribution in [2.75, 3.05) is 0 Å². The van der Waals surface area contributed by atoms with Crippen LogP contribution in [0.1, 0.15) is 17.2 Å². The standard InChI is InChI=1S/C13H12N2O2/c16-13(17)11(12-5-1-2-7-15-12)8-10-4-3-6-14-9-10/h1-7,9,11H,8H2,(H,16,17). The van der Waals surface area contributed by atoms with Crippen molar-refractivity contribution in [3.8, 4) is 0 Å². The summed E-state index contributed by atoms with van der Waals surface area (Å²) in [5.41, 5.74) is 1.47. The quantitative estimate of drug-likeness (QED) is 0.867. The molecule has 4 nitrogen and oxygen atoms in total. The first-order valence-corrected chi connectivity index (χ1v) is 5.30. The third-order valence-corrected chi connectivity index (χ3v) is 2.51. The van der Waals surface area contributed by atoms with E-state index in [-0.39, 0.29) is 0 Å². The molecule has 17 heavy (non-hydrogen) atoms. The minimum Gasteiger partial charge on any atom is -0.481 e. The molecule has 0 amide bonds. The molecular formula is C13H12N2O2. The van der Waals surface area contributed by atoms with Crippen LogP contribution in [0.15, 0.2) is 48.9 Å². The molecule has 1 atom stereocenters. The molecule has 0 aliphatic heterocycles. The summed E-state index contributed by atoms with van der Waals surface area (Å²) in [6.07, 6.45) is 5.35. The number of hydrogen-bond acceptors (Lipinski definition) is 3. The molecule has 4 heteroatoms. The second-order valence-corrected chi connectivity index (χ2v) is 3.71. The predicted octanol–water partition coefficient (Wildman–Crippen LogP) is 1.89. The third kappa shape index (κ3) is 2.87. The monoisotopic (exact) mass is 228 g/mol. The Hall–Kier alpha value is -2.23. The van der Waals surface area contributed by atoms with Crippen LogP contribution >= 0.6 is 0 Å². The average molecular weight is 228 g/mol.